The number of rotatable bonds is 11. The summed E-state index contributed by atoms with van der Waals surface area (Å²) in [5, 5.41) is 41.6. The molecule has 0 aromatic carbocycles. The molecular weight excluding hydrogens is 388 g/mol. The first-order chi connectivity index (χ1) is 9.20. The van der Waals surface area contributed by atoms with E-state index in [4.69, 9.17) is 0 Å². The molecule has 0 aromatic rings. The molecule has 0 fully saturated rings. The van der Waals surface area contributed by atoms with E-state index in [1.165, 1.54) is 0 Å². The summed E-state index contributed by atoms with van der Waals surface area (Å²) in [6.07, 6.45) is 0. The third-order valence-electron chi connectivity index (χ3n) is 2.14. The minimum absolute atomic E-state index is 0. The van der Waals surface area contributed by atoms with Crippen molar-refractivity contribution in [2.75, 3.05) is 39.3 Å². The van der Waals surface area contributed by atoms with Crippen molar-refractivity contribution in [2.24, 2.45) is 0 Å². The van der Waals surface area contributed by atoms with Crippen LogP contribution in [0.15, 0.2) is 0 Å². The van der Waals surface area contributed by atoms with Crippen LogP contribution in [0.4, 0.5) is 0 Å². The van der Waals surface area contributed by atoms with Gasteiger partial charge in [0, 0.05) is 39.3 Å². The van der Waals surface area contributed by atoms with Crippen molar-refractivity contribution < 1.29 is 73.7 Å². The van der Waals surface area contributed by atoms with Gasteiger partial charge in [-0.1, -0.05) is 0 Å². The summed E-state index contributed by atoms with van der Waals surface area (Å²) in [6.45, 7) is -3.25. The second kappa shape index (κ2) is 13.5. The fourth-order valence-corrected chi connectivity index (χ4v) is 1.44. The van der Waals surface area contributed by atoms with Crippen molar-refractivity contribution in [3.63, 3.8) is 0 Å². The van der Waals surface area contributed by atoms with Gasteiger partial charge in [-0.05, 0) is 0 Å². The molecule has 0 amide bonds. The Hall–Kier alpha value is -1.16. The first kappa shape index (κ1) is 25.8. The molecule has 0 heterocycles. The van der Waals surface area contributed by atoms with E-state index >= 15 is 0 Å². The Morgan fingerprint density at radius 2 is 0.727 bits per heavy atom. The van der Waals surface area contributed by atoms with Gasteiger partial charge >= 0.3 is 34.1 Å². The minimum Gasteiger partial charge on any atom is -0.549 e. The van der Waals surface area contributed by atoms with E-state index in [2.05, 4.69) is 0 Å². The van der Waals surface area contributed by atoms with E-state index < -0.39 is 50.1 Å². The zero-order valence-electron chi connectivity index (χ0n) is 11.1. The van der Waals surface area contributed by atoms with Gasteiger partial charge in [-0.25, -0.2) is 0 Å². The quantitative estimate of drug-likeness (QED) is 0.304. The molecule has 12 heteroatoms. The van der Waals surface area contributed by atoms with Gasteiger partial charge in [-0.2, -0.15) is 0 Å². The molecule has 0 saturated carbocycles. The molecule has 0 bridgehead atoms. The molecule has 124 valence electrons. The average molecular weight is 400 g/mol. The van der Waals surface area contributed by atoms with Gasteiger partial charge in [0.05, 0.1) is 23.9 Å². The van der Waals surface area contributed by atoms with Crippen LogP contribution in [0, 0.1) is 0 Å². The predicted molar refractivity (Wildman–Crippen MR) is 52.9 cm³/mol. The molecule has 0 aliphatic heterocycles. The fourth-order valence-electron chi connectivity index (χ4n) is 1.44. The Morgan fingerprint density at radius 3 is 0.864 bits per heavy atom. The number of carboxylic acid groups (broad SMARTS) is 4. The van der Waals surface area contributed by atoms with Gasteiger partial charge in [0.1, 0.15) is 0 Å². The van der Waals surface area contributed by atoms with Crippen LogP contribution in [0.1, 0.15) is 0 Å². The topological polar surface area (TPSA) is 167 Å². The maximum atomic E-state index is 10.4. The zero-order valence-corrected chi connectivity index (χ0v) is 13.3. The Bertz CT molecular complexity index is 325. The monoisotopic (exact) mass is 400 g/mol. The smallest absolute Gasteiger partial charge is 0.549 e. The van der Waals surface area contributed by atoms with Crippen LogP contribution in [-0.2, 0) is 53.3 Å². The number of hydrogen-bond donors (Lipinski definition) is 0. The van der Waals surface area contributed by atoms with E-state index in [0.717, 1.165) is 9.80 Å². The largest absolute Gasteiger partial charge is 3.00 e. The van der Waals surface area contributed by atoms with E-state index in [-0.39, 0.29) is 47.2 Å². The van der Waals surface area contributed by atoms with E-state index in [0.29, 0.717) is 0 Å². The van der Waals surface area contributed by atoms with Gasteiger partial charge in [0.15, 0.2) is 0 Å². The van der Waals surface area contributed by atoms with Gasteiger partial charge in [-0.3, -0.25) is 9.80 Å². The number of hydrogen-bond acceptors (Lipinski definition) is 10. The molecule has 10 nitrogen and oxygen atoms in total. The molecular formula is C10H12Fe2N2O8+2. The van der Waals surface area contributed by atoms with Crippen molar-refractivity contribution in [3.8, 4) is 0 Å². The van der Waals surface area contributed by atoms with Crippen LogP contribution >= 0.6 is 0 Å². The molecule has 0 rings (SSSR count). The summed E-state index contributed by atoms with van der Waals surface area (Å²) in [6, 6.07) is 0. The number of carbonyl (C=O) groups excluding carboxylic acids is 4. The molecule has 0 atom stereocenters. The van der Waals surface area contributed by atoms with Crippen molar-refractivity contribution >= 4 is 23.9 Å². The number of aliphatic carboxylic acids is 4. The second-order valence-electron chi connectivity index (χ2n) is 3.91. The van der Waals surface area contributed by atoms with Gasteiger partial charge in [0.25, 0.3) is 0 Å². The van der Waals surface area contributed by atoms with Crippen LogP contribution in [0.2, 0.25) is 0 Å². The first-order valence-electron chi connectivity index (χ1n) is 5.44. The molecule has 0 aromatic heterocycles. The summed E-state index contributed by atoms with van der Waals surface area (Å²) in [4.78, 5) is 43.4. The normalized spacial score (nSPS) is 9.73. The molecule has 0 saturated heterocycles. The third kappa shape index (κ3) is 15.2. The average Bonchev–Trinajstić information content (AvgIpc) is 2.22. The van der Waals surface area contributed by atoms with Crippen molar-refractivity contribution in [1.82, 2.24) is 9.80 Å². The van der Waals surface area contributed by atoms with E-state index in [9.17, 15) is 39.6 Å². The molecule has 0 N–H and O–H groups in total. The SMILES string of the molecule is O=C([O-])CN(CCN(CC(=O)[O-])CC(=O)[O-])CC(=O)[O-].[Fe+3].[Fe+3]. The fraction of sp³-hybridized carbons (Fsp3) is 0.600. The summed E-state index contributed by atoms with van der Waals surface area (Å²) in [7, 11) is 0. The van der Waals surface area contributed by atoms with Crippen molar-refractivity contribution in [1.29, 1.82) is 0 Å². The second-order valence-corrected chi connectivity index (χ2v) is 3.91. The molecule has 0 unspecified atom stereocenters. The Morgan fingerprint density at radius 1 is 0.545 bits per heavy atom. The van der Waals surface area contributed by atoms with Gasteiger partial charge < -0.3 is 39.6 Å². The summed E-state index contributed by atoms with van der Waals surface area (Å²) >= 11 is 0. The maximum absolute atomic E-state index is 10.4. The summed E-state index contributed by atoms with van der Waals surface area (Å²) < 4.78 is 0. The predicted octanol–water partition coefficient (Wildman–Crippen LogP) is -7.42. The van der Waals surface area contributed by atoms with Crippen LogP contribution in [0.5, 0.6) is 0 Å². The minimum atomic E-state index is -1.53. The van der Waals surface area contributed by atoms with Crippen LogP contribution in [0.3, 0.4) is 0 Å². The summed E-state index contributed by atoms with van der Waals surface area (Å²) in [5.41, 5.74) is 0. The van der Waals surface area contributed by atoms with Crippen LogP contribution in [-0.4, -0.2) is 72.9 Å². The van der Waals surface area contributed by atoms with E-state index in [1.54, 1.807) is 0 Å². The van der Waals surface area contributed by atoms with Crippen LogP contribution in [0.25, 0.3) is 0 Å². The zero-order chi connectivity index (χ0) is 15.7. The number of carbonyl (C=O) groups is 4. The van der Waals surface area contributed by atoms with Crippen molar-refractivity contribution in [3.05, 3.63) is 0 Å². The molecule has 22 heavy (non-hydrogen) atoms. The Kier molecular flexibility index (Phi) is 15.8. The summed E-state index contributed by atoms with van der Waals surface area (Å²) in [5.74, 6) is -6.12. The molecule has 0 aliphatic rings. The Labute approximate surface area is 147 Å². The van der Waals surface area contributed by atoms with Crippen molar-refractivity contribution in [2.45, 2.75) is 0 Å². The number of carboxylic acids is 4. The number of nitrogens with zero attached hydrogens (tertiary/aromatic N) is 2. The molecule has 2 radical (unpaired) electrons. The van der Waals surface area contributed by atoms with Gasteiger partial charge in [-0.15, -0.1) is 0 Å². The molecule has 0 aliphatic carbocycles. The van der Waals surface area contributed by atoms with Crippen LogP contribution < -0.4 is 20.4 Å². The van der Waals surface area contributed by atoms with Gasteiger partial charge in [0.2, 0.25) is 0 Å². The first-order valence-corrected chi connectivity index (χ1v) is 5.44. The molecule has 0 spiro atoms. The van der Waals surface area contributed by atoms with E-state index in [1.807, 2.05) is 0 Å². The third-order valence-corrected chi connectivity index (χ3v) is 2.14. The Balaban J connectivity index is -0.00000180. The standard InChI is InChI=1S/C10H16N2O8.2Fe/c13-7(14)3-11(4-8(15)16)1-2-12(5-9(17)18)6-10(19)20;;/h1-6H2,(H,13,14)(H,15,16)(H,17,18)(H,19,20);;/q;2*+3/p-4. The maximum Gasteiger partial charge on any atom is 3.00 e.